The van der Waals surface area contributed by atoms with Crippen LogP contribution in [0.4, 0.5) is 0 Å². The SMILES string of the molecule is Cc1ccc(C)c(-c2cc(C(=O)O)c3cccc(Cl)c3n2)c1. The van der Waals surface area contributed by atoms with Crippen LogP contribution in [0.5, 0.6) is 0 Å². The second-order valence-electron chi connectivity index (χ2n) is 5.31. The lowest BCUT2D eigenvalue weighted by Crippen LogP contribution is -2.01. The van der Waals surface area contributed by atoms with Crippen molar-refractivity contribution in [2.75, 3.05) is 0 Å². The Kier molecular flexibility index (Phi) is 3.59. The van der Waals surface area contributed by atoms with Crippen LogP contribution in [0.2, 0.25) is 5.02 Å². The van der Waals surface area contributed by atoms with Gasteiger partial charge in [0.05, 0.1) is 21.8 Å². The third kappa shape index (κ3) is 2.44. The van der Waals surface area contributed by atoms with Crippen molar-refractivity contribution in [1.29, 1.82) is 0 Å². The molecule has 1 N–H and O–H groups in total. The Morgan fingerprint density at radius 2 is 1.91 bits per heavy atom. The van der Waals surface area contributed by atoms with Crippen molar-refractivity contribution >= 4 is 28.5 Å². The van der Waals surface area contributed by atoms with E-state index in [9.17, 15) is 9.90 Å². The second-order valence-corrected chi connectivity index (χ2v) is 5.72. The maximum absolute atomic E-state index is 11.6. The van der Waals surface area contributed by atoms with Crippen molar-refractivity contribution in [2.24, 2.45) is 0 Å². The highest BCUT2D eigenvalue weighted by Crippen LogP contribution is 2.30. The lowest BCUT2D eigenvalue weighted by molar-refractivity contribution is 0.0699. The van der Waals surface area contributed by atoms with Gasteiger partial charge in [-0.3, -0.25) is 0 Å². The number of benzene rings is 2. The first kappa shape index (κ1) is 14.5. The van der Waals surface area contributed by atoms with Crippen molar-refractivity contribution in [1.82, 2.24) is 4.98 Å². The van der Waals surface area contributed by atoms with Crippen molar-refractivity contribution in [3.8, 4) is 11.3 Å². The lowest BCUT2D eigenvalue weighted by atomic mass is 9.99. The Morgan fingerprint density at radius 3 is 2.64 bits per heavy atom. The Labute approximate surface area is 133 Å². The number of aryl methyl sites for hydroxylation is 2. The van der Waals surface area contributed by atoms with Crippen LogP contribution < -0.4 is 0 Å². The predicted octanol–water partition coefficient (Wildman–Crippen LogP) is 4.87. The van der Waals surface area contributed by atoms with Gasteiger partial charge >= 0.3 is 5.97 Å². The van der Waals surface area contributed by atoms with Crippen LogP contribution in [-0.4, -0.2) is 16.1 Å². The molecule has 0 bridgehead atoms. The first-order valence-electron chi connectivity index (χ1n) is 6.87. The number of pyridine rings is 1. The molecule has 1 aromatic heterocycles. The van der Waals surface area contributed by atoms with E-state index >= 15 is 0 Å². The van der Waals surface area contributed by atoms with E-state index in [1.807, 2.05) is 32.0 Å². The smallest absolute Gasteiger partial charge is 0.336 e. The molecule has 0 aliphatic carbocycles. The number of carbonyl (C=O) groups is 1. The summed E-state index contributed by atoms with van der Waals surface area (Å²) in [5.41, 5.74) is 4.41. The van der Waals surface area contributed by atoms with Crippen molar-refractivity contribution in [2.45, 2.75) is 13.8 Å². The summed E-state index contributed by atoms with van der Waals surface area (Å²) < 4.78 is 0. The molecule has 3 aromatic rings. The molecule has 0 spiro atoms. The van der Waals surface area contributed by atoms with E-state index in [0.29, 0.717) is 21.6 Å². The van der Waals surface area contributed by atoms with Gasteiger partial charge in [0.2, 0.25) is 0 Å². The summed E-state index contributed by atoms with van der Waals surface area (Å²) in [5, 5.41) is 10.5. The Hall–Kier alpha value is -2.39. The van der Waals surface area contributed by atoms with E-state index in [2.05, 4.69) is 4.98 Å². The zero-order chi connectivity index (χ0) is 15.9. The van der Waals surface area contributed by atoms with Crippen LogP contribution >= 0.6 is 11.6 Å². The fourth-order valence-electron chi connectivity index (χ4n) is 2.54. The molecule has 0 radical (unpaired) electrons. The number of hydrogen-bond acceptors (Lipinski definition) is 2. The van der Waals surface area contributed by atoms with Crippen LogP contribution in [0, 0.1) is 13.8 Å². The quantitative estimate of drug-likeness (QED) is 0.734. The van der Waals surface area contributed by atoms with E-state index in [0.717, 1.165) is 16.7 Å². The molecule has 1 heterocycles. The standard InChI is InChI=1S/C18H14ClNO2/c1-10-6-7-11(2)13(8-10)16-9-14(18(21)22)12-4-3-5-15(19)17(12)20-16/h3-9H,1-2H3,(H,21,22). The van der Waals surface area contributed by atoms with Crippen LogP contribution in [0.3, 0.4) is 0 Å². The molecule has 0 fully saturated rings. The molecule has 0 amide bonds. The maximum Gasteiger partial charge on any atom is 0.336 e. The van der Waals surface area contributed by atoms with Gasteiger partial charge in [0.25, 0.3) is 0 Å². The third-order valence-electron chi connectivity index (χ3n) is 3.69. The molecule has 0 atom stereocenters. The molecule has 3 rings (SSSR count). The van der Waals surface area contributed by atoms with E-state index < -0.39 is 5.97 Å². The largest absolute Gasteiger partial charge is 0.478 e. The van der Waals surface area contributed by atoms with Crippen LogP contribution in [-0.2, 0) is 0 Å². The molecule has 110 valence electrons. The summed E-state index contributed by atoms with van der Waals surface area (Å²) in [6, 6.07) is 12.8. The van der Waals surface area contributed by atoms with E-state index in [1.165, 1.54) is 0 Å². The number of nitrogens with zero attached hydrogens (tertiary/aromatic N) is 1. The zero-order valence-electron chi connectivity index (χ0n) is 12.2. The number of fused-ring (bicyclic) bond motifs is 1. The number of aromatic nitrogens is 1. The number of carboxylic acids is 1. The van der Waals surface area contributed by atoms with E-state index in [1.54, 1.807) is 24.3 Å². The monoisotopic (exact) mass is 311 g/mol. The molecule has 0 aliphatic rings. The fourth-order valence-corrected chi connectivity index (χ4v) is 2.76. The Balaban J connectivity index is 2.38. The summed E-state index contributed by atoms with van der Waals surface area (Å²) in [4.78, 5) is 16.2. The van der Waals surface area contributed by atoms with Crippen molar-refractivity contribution < 1.29 is 9.90 Å². The summed E-state index contributed by atoms with van der Waals surface area (Å²) in [5.74, 6) is -0.985. The van der Waals surface area contributed by atoms with Gasteiger partial charge in [0.1, 0.15) is 0 Å². The molecular weight excluding hydrogens is 298 g/mol. The number of halogens is 1. The first-order valence-corrected chi connectivity index (χ1v) is 7.25. The third-order valence-corrected chi connectivity index (χ3v) is 3.99. The van der Waals surface area contributed by atoms with Crippen LogP contribution in [0.15, 0.2) is 42.5 Å². The average Bonchev–Trinajstić information content (AvgIpc) is 2.49. The van der Waals surface area contributed by atoms with Crippen molar-refractivity contribution in [3.63, 3.8) is 0 Å². The number of hydrogen-bond donors (Lipinski definition) is 1. The van der Waals surface area contributed by atoms with Crippen LogP contribution in [0.1, 0.15) is 21.5 Å². The molecule has 4 heteroatoms. The first-order chi connectivity index (χ1) is 10.5. The zero-order valence-corrected chi connectivity index (χ0v) is 13.0. The van der Waals surface area contributed by atoms with Gasteiger partial charge in [0, 0.05) is 10.9 Å². The summed E-state index contributed by atoms with van der Waals surface area (Å²) in [6.07, 6.45) is 0. The van der Waals surface area contributed by atoms with Gasteiger partial charge < -0.3 is 5.11 Å². The summed E-state index contributed by atoms with van der Waals surface area (Å²) in [7, 11) is 0. The van der Waals surface area contributed by atoms with E-state index in [-0.39, 0.29) is 5.56 Å². The van der Waals surface area contributed by atoms with Gasteiger partial charge in [-0.2, -0.15) is 0 Å². The van der Waals surface area contributed by atoms with Gasteiger partial charge in [-0.05, 0) is 37.6 Å². The number of aromatic carboxylic acids is 1. The van der Waals surface area contributed by atoms with Crippen molar-refractivity contribution in [3.05, 3.63) is 64.2 Å². The maximum atomic E-state index is 11.6. The van der Waals surface area contributed by atoms with Crippen LogP contribution in [0.25, 0.3) is 22.2 Å². The highest BCUT2D eigenvalue weighted by Gasteiger charge is 2.15. The summed E-state index contributed by atoms with van der Waals surface area (Å²) in [6.45, 7) is 3.97. The topological polar surface area (TPSA) is 50.2 Å². The molecule has 0 saturated carbocycles. The molecule has 2 aromatic carbocycles. The minimum atomic E-state index is -0.985. The van der Waals surface area contributed by atoms with Gasteiger partial charge in [-0.25, -0.2) is 9.78 Å². The molecule has 0 unspecified atom stereocenters. The minimum Gasteiger partial charge on any atom is -0.478 e. The highest BCUT2D eigenvalue weighted by molar-refractivity contribution is 6.35. The molecule has 3 nitrogen and oxygen atoms in total. The Bertz CT molecular complexity index is 903. The normalized spacial score (nSPS) is 10.9. The summed E-state index contributed by atoms with van der Waals surface area (Å²) >= 11 is 6.21. The van der Waals surface area contributed by atoms with Gasteiger partial charge in [-0.15, -0.1) is 0 Å². The molecular formula is C18H14ClNO2. The minimum absolute atomic E-state index is 0.211. The number of para-hydroxylation sites is 1. The lowest BCUT2D eigenvalue weighted by Gasteiger charge is -2.11. The molecule has 0 saturated heterocycles. The van der Waals surface area contributed by atoms with Gasteiger partial charge in [-0.1, -0.05) is 41.4 Å². The average molecular weight is 312 g/mol. The number of rotatable bonds is 2. The Morgan fingerprint density at radius 1 is 1.14 bits per heavy atom. The fraction of sp³-hybridized carbons (Fsp3) is 0.111. The highest BCUT2D eigenvalue weighted by atomic mass is 35.5. The predicted molar refractivity (Wildman–Crippen MR) is 88.6 cm³/mol. The molecule has 22 heavy (non-hydrogen) atoms. The molecule has 0 aliphatic heterocycles. The van der Waals surface area contributed by atoms with Gasteiger partial charge in [0.15, 0.2) is 0 Å². The number of carboxylic acid groups (broad SMARTS) is 1. The van der Waals surface area contributed by atoms with E-state index in [4.69, 9.17) is 11.6 Å². The second kappa shape index (κ2) is 5.43.